The van der Waals surface area contributed by atoms with Crippen LogP contribution in [0.5, 0.6) is 0 Å². The molecule has 0 aromatic heterocycles. The first-order valence-corrected chi connectivity index (χ1v) is 39.8. The summed E-state index contributed by atoms with van der Waals surface area (Å²) in [5.74, 6) is 0. The molecule has 0 aromatic rings. The van der Waals surface area contributed by atoms with E-state index in [0.717, 1.165) is 0 Å². The van der Waals surface area contributed by atoms with Crippen molar-refractivity contribution in [2.24, 2.45) is 0 Å². The van der Waals surface area contributed by atoms with Crippen LogP contribution in [0.2, 0.25) is 105 Å². The van der Waals surface area contributed by atoms with Crippen LogP contribution in [-0.2, 0) is 0 Å². The van der Waals surface area contributed by atoms with Gasteiger partial charge in [0.15, 0.2) is 0 Å². The van der Waals surface area contributed by atoms with E-state index in [1.807, 2.05) is 0 Å². The van der Waals surface area contributed by atoms with Crippen LogP contribution in [0.1, 0.15) is 0 Å². The van der Waals surface area contributed by atoms with Crippen LogP contribution in [0, 0.1) is 0 Å². The van der Waals surface area contributed by atoms with E-state index < -0.39 is 44.6 Å². The molecule has 0 atom stereocenters. The van der Waals surface area contributed by atoms with E-state index in [0.29, 0.717) is 0 Å². The van der Waals surface area contributed by atoms with Gasteiger partial charge in [0.2, 0.25) is 0 Å². The second-order valence-corrected chi connectivity index (χ2v) is 93.0. The molecule has 146 valence electrons. The second-order valence-electron chi connectivity index (χ2n) is 13.0. The first-order valence-electron chi connectivity index (χ1n) is 9.75. The molecule has 0 aliphatic heterocycles. The van der Waals surface area contributed by atoms with Crippen molar-refractivity contribution in [2.75, 3.05) is 0 Å². The Morgan fingerprint density at radius 3 is 0.500 bits per heavy atom. The van der Waals surface area contributed by atoms with Gasteiger partial charge >= 0.3 is 103 Å². The van der Waals surface area contributed by atoms with Gasteiger partial charge in [0.25, 0.3) is 0 Å². The molecule has 0 unspecified atom stereocenters. The van der Waals surface area contributed by atoms with Gasteiger partial charge in [-0.3, -0.25) is 14.7 Å². The number of rotatable bonds is 7. The van der Waals surface area contributed by atoms with Gasteiger partial charge in [0, 0.05) is 0 Å². The van der Waals surface area contributed by atoms with E-state index in [-0.39, 0.29) is 117 Å². The monoisotopic (exact) mass is 542 g/mol. The second kappa shape index (κ2) is 11.4. The fourth-order valence-electron chi connectivity index (χ4n) is 6.62. The average molecular weight is 543 g/mol. The molecule has 0 rings (SSSR count). The summed E-state index contributed by atoms with van der Waals surface area (Å²) in [6.45, 7) is 44.6. The van der Waals surface area contributed by atoms with Crippen LogP contribution in [0.25, 0.3) is 0 Å². The predicted octanol–water partition coefficient (Wildman–Crippen LogP) is 0.302. The first kappa shape index (κ1) is 35.6. The van der Waals surface area contributed by atoms with Gasteiger partial charge in [-0.25, -0.2) is 0 Å². The van der Waals surface area contributed by atoms with Gasteiger partial charge in [-0.15, -0.1) is 70.8 Å². The molecular formula is C16H48K2Si8. The van der Waals surface area contributed by atoms with Crippen molar-refractivity contribution in [3.63, 3.8) is 0 Å². The Labute approximate surface area is 261 Å². The van der Waals surface area contributed by atoms with Crippen LogP contribution < -0.4 is 103 Å². The van der Waals surface area contributed by atoms with Crippen molar-refractivity contribution in [1.29, 1.82) is 0 Å². The predicted molar refractivity (Wildman–Crippen MR) is 140 cm³/mol. The molecule has 0 saturated heterocycles. The normalized spacial score (nSPS) is 15.0. The third kappa shape index (κ3) is 9.10. The van der Waals surface area contributed by atoms with Crippen LogP contribution in [-0.4, -0.2) is 59.3 Å². The van der Waals surface area contributed by atoms with Crippen molar-refractivity contribution in [3.8, 4) is 0 Å². The van der Waals surface area contributed by atoms with E-state index in [4.69, 9.17) is 0 Å². The Kier molecular flexibility index (Phi) is 15.6. The molecule has 26 heavy (non-hydrogen) atoms. The van der Waals surface area contributed by atoms with Crippen molar-refractivity contribution >= 4 is 59.3 Å². The standard InChI is InChI=1S/C16H48Si8.2K/c1-19(2,3)17(20(4,5)6)23(13,14)24(15,16)18(21(7,8)9)22(10,11)12;;/h1-16H3;;/q-2;2*+1. The first-order chi connectivity index (χ1) is 9.98. The summed E-state index contributed by atoms with van der Waals surface area (Å²) < 4.78 is 0. The maximum atomic E-state index is 2.93. The van der Waals surface area contributed by atoms with E-state index in [2.05, 4.69) is 105 Å². The summed E-state index contributed by atoms with van der Waals surface area (Å²) in [5.41, 5.74) is 0. The fraction of sp³-hybridized carbons (Fsp3) is 1.00. The van der Waals surface area contributed by atoms with Crippen LogP contribution in [0.4, 0.5) is 0 Å². The van der Waals surface area contributed by atoms with Gasteiger partial charge in [-0.2, -0.15) is 0 Å². The number of hydrogen-bond donors (Lipinski definition) is 0. The summed E-state index contributed by atoms with van der Waals surface area (Å²) in [6, 6.07) is 0. The molecule has 0 bridgehead atoms. The smallest absolute Gasteiger partial charge is 0.256 e. The zero-order valence-corrected chi connectivity index (χ0v) is 36.2. The SMILES string of the molecule is C[Si](C)(C)[Si-]([Si](C)(C)C)[Si](C)(C)[Si](C)(C)[Si-]([Si](C)(C)C)[Si](C)(C)C.[K+].[K+]. The maximum absolute atomic E-state index is 2.93. The molecule has 0 aliphatic carbocycles. The van der Waals surface area contributed by atoms with Crippen LogP contribution in [0.15, 0.2) is 0 Å². The zero-order chi connectivity index (χ0) is 20.2. The van der Waals surface area contributed by atoms with Crippen molar-refractivity contribution in [2.45, 2.75) is 105 Å². The fourth-order valence-corrected chi connectivity index (χ4v) is 273. The molecule has 0 fully saturated rings. The molecule has 10 heteroatoms. The Morgan fingerprint density at radius 2 is 0.423 bits per heavy atom. The minimum absolute atomic E-state index is 0. The summed E-state index contributed by atoms with van der Waals surface area (Å²) in [4.78, 5) is 0. The molecule has 0 radical (unpaired) electrons. The van der Waals surface area contributed by atoms with Gasteiger partial charge < -0.3 is 0 Å². The minimum Gasteiger partial charge on any atom is -0.256 e. The quantitative estimate of drug-likeness (QED) is 0.406. The van der Waals surface area contributed by atoms with E-state index in [1.165, 1.54) is 0 Å². The number of hydrogen-bond acceptors (Lipinski definition) is 0. The van der Waals surface area contributed by atoms with Crippen LogP contribution >= 0.6 is 0 Å². The Balaban J connectivity index is -0.00000264. The maximum Gasteiger partial charge on any atom is 1.00 e. The van der Waals surface area contributed by atoms with Crippen LogP contribution in [0.3, 0.4) is 0 Å². The Morgan fingerprint density at radius 1 is 0.308 bits per heavy atom. The molecular weight excluding hydrogens is 495 g/mol. The van der Waals surface area contributed by atoms with Gasteiger partial charge in [0.1, 0.15) is 0 Å². The van der Waals surface area contributed by atoms with E-state index in [9.17, 15) is 0 Å². The Bertz CT molecular complexity index is 369. The summed E-state index contributed by atoms with van der Waals surface area (Å²) in [5, 5.41) is 0. The topological polar surface area (TPSA) is 0 Å². The van der Waals surface area contributed by atoms with Crippen molar-refractivity contribution in [1.82, 2.24) is 0 Å². The minimum atomic E-state index is -1.13. The third-order valence-corrected chi connectivity index (χ3v) is 156. The molecule has 0 nitrogen and oxygen atoms in total. The van der Waals surface area contributed by atoms with Gasteiger partial charge in [-0.1, -0.05) is 78.6 Å². The molecule has 0 spiro atoms. The summed E-state index contributed by atoms with van der Waals surface area (Å²) >= 11 is 0. The van der Waals surface area contributed by atoms with Gasteiger partial charge in [0.05, 0.1) is 0 Å². The molecule has 0 saturated carbocycles. The summed E-state index contributed by atoms with van der Waals surface area (Å²) in [6.07, 6.45) is 0. The van der Waals surface area contributed by atoms with E-state index >= 15 is 0 Å². The third-order valence-electron chi connectivity index (χ3n) is 5.81. The van der Waals surface area contributed by atoms with E-state index in [1.54, 1.807) is 0 Å². The van der Waals surface area contributed by atoms with Crippen molar-refractivity contribution < 1.29 is 103 Å². The molecule has 0 aromatic carbocycles. The zero-order valence-electron chi connectivity index (χ0n) is 22.0. The van der Waals surface area contributed by atoms with Gasteiger partial charge in [-0.05, 0) is 0 Å². The largest absolute Gasteiger partial charge is 1.00 e. The van der Waals surface area contributed by atoms with Crippen molar-refractivity contribution in [3.05, 3.63) is 0 Å². The molecule has 0 N–H and O–H groups in total. The average Bonchev–Trinajstić information content (AvgIpc) is 2.02. The molecule has 0 heterocycles. The molecule has 0 aliphatic rings. The summed E-state index contributed by atoms with van der Waals surface area (Å²) in [7, 11) is -6.61. The Hall–Kier alpha value is 5.01. The molecule has 0 amide bonds.